The van der Waals surface area contributed by atoms with E-state index in [1.54, 1.807) is 7.11 Å². The number of carbonyl (C=O) groups is 1. The van der Waals surface area contributed by atoms with Crippen LogP contribution in [0.4, 0.5) is 5.69 Å². The number of rotatable bonds is 8. The molecule has 1 aromatic rings. The first-order valence-electron chi connectivity index (χ1n) is 8.48. The summed E-state index contributed by atoms with van der Waals surface area (Å²) in [6.45, 7) is 7.30. The highest BCUT2D eigenvalue weighted by Crippen LogP contribution is 2.18. The van der Waals surface area contributed by atoms with Crippen LogP contribution in [0, 0.1) is 5.92 Å². The smallest absolute Gasteiger partial charge is 0.238 e. The summed E-state index contributed by atoms with van der Waals surface area (Å²) in [5.74, 6) is 0.834. The Morgan fingerprint density at radius 2 is 1.84 bits per heavy atom. The van der Waals surface area contributed by atoms with Crippen LogP contribution in [0.5, 0.6) is 0 Å². The van der Waals surface area contributed by atoms with Crippen LogP contribution in [0.15, 0.2) is 24.3 Å². The molecule has 25 heavy (non-hydrogen) atoms. The van der Waals surface area contributed by atoms with Gasteiger partial charge >= 0.3 is 0 Å². The second-order valence-electron chi connectivity index (χ2n) is 6.37. The molecule has 1 aliphatic rings. The lowest BCUT2D eigenvalue weighted by molar-refractivity contribution is -0.115. The first-order chi connectivity index (χ1) is 11.2. The van der Waals surface area contributed by atoms with Crippen LogP contribution < -0.4 is 10.6 Å². The van der Waals surface area contributed by atoms with Crippen LogP contribution in [-0.4, -0.2) is 50.7 Å². The Labute approximate surface area is 163 Å². The summed E-state index contributed by atoms with van der Waals surface area (Å²) in [6.07, 6.45) is 2.59. The fourth-order valence-electron chi connectivity index (χ4n) is 2.75. The molecular formula is C18H31Cl2N3O2. The van der Waals surface area contributed by atoms with Crippen LogP contribution in [0.1, 0.15) is 25.3 Å². The number of anilines is 1. The Morgan fingerprint density at radius 3 is 2.44 bits per heavy atom. The van der Waals surface area contributed by atoms with Crippen molar-refractivity contribution in [1.82, 2.24) is 10.2 Å². The third-order valence-electron chi connectivity index (χ3n) is 4.29. The molecule has 1 amide bonds. The van der Waals surface area contributed by atoms with Gasteiger partial charge in [-0.25, -0.2) is 0 Å². The van der Waals surface area contributed by atoms with Crippen molar-refractivity contribution in [3.8, 4) is 0 Å². The Bertz CT molecular complexity index is 478. The van der Waals surface area contributed by atoms with E-state index in [0.29, 0.717) is 19.7 Å². The molecule has 1 aliphatic heterocycles. The molecule has 2 rings (SSSR count). The van der Waals surface area contributed by atoms with Crippen LogP contribution in [-0.2, 0) is 16.1 Å². The third-order valence-corrected chi connectivity index (χ3v) is 4.29. The minimum absolute atomic E-state index is 0. The van der Waals surface area contributed by atoms with E-state index in [1.165, 1.54) is 31.5 Å². The molecule has 1 heterocycles. The summed E-state index contributed by atoms with van der Waals surface area (Å²) in [4.78, 5) is 14.3. The second kappa shape index (κ2) is 13.4. The van der Waals surface area contributed by atoms with Gasteiger partial charge in [0, 0.05) is 25.9 Å². The predicted molar refractivity (Wildman–Crippen MR) is 108 cm³/mol. The quantitative estimate of drug-likeness (QED) is 0.668. The van der Waals surface area contributed by atoms with Crippen molar-refractivity contribution in [1.29, 1.82) is 0 Å². The summed E-state index contributed by atoms with van der Waals surface area (Å²) in [7, 11) is 1.65. The maximum absolute atomic E-state index is 11.8. The van der Waals surface area contributed by atoms with Crippen LogP contribution in [0.25, 0.3) is 0 Å². The van der Waals surface area contributed by atoms with Crippen molar-refractivity contribution in [3.05, 3.63) is 29.8 Å². The highest BCUT2D eigenvalue weighted by molar-refractivity contribution is 5.92. The van der Waals surface area contributed by atoms with Gasteiger partial charge in [-0.1, -0.05) is 19.1 Å². The maximum atomic E-state index is 11.8. The zero-order chi connectivity index (χ0) is 16.5. The number of methoxy groups -OCH3 is 1. The summed E-state index contributed by atoms with van der Waals surface area (Å²) >= 11 is 0. The van der Waals surface area contributed by atoms with Gasteiger partial charge in [-0.2, -0.15) is 0 Å². The molecule has 0 atom stereocenters. The lowest BCUT2D eigenvalue weighted by Crippen LogP contribution is -2.32. The van der Waals surface area contributed by atoms with Crippen LogP contribution >= 0.6 is 24.8 Å². The highest BCUT2D eigenvalue weighted by atomic mass is 35.5. The van der Waals surface area contributed by atoms with E-state index in [9.17, 15) is 4.79 Å². The largest absolute Gasteiger partial charge is 0.383 e. The summed E-state index contributed by atoms with van der Waals surface area (Å²) in [6, 6.07) is 8.17. The number of likely N-dealkylation sites (tertiary alicyclic amines) is 1. The molecule has 0 bridgehead atoms. The number of hydrogen-bond acceptors (Lipinski definition) is 4. The van der Waals surface area contributed by atoms with E-state index >= 15 is 0 Å². The molecule has 0 saturated carbocycles. The van der Waals surface area contributed by atoms with Crippen LogP contribution in [0.3, 0.4) is 0 Å². The molecule has 5 nitrogen and oxygen atoms in total. The van der Waals surface area contributed by atoms with Gasteiger partial charge < -0.3 is 15.4 Å². The van der Waals surface area contributed by atoms with Crippen molar-refractivity contribution in [2.45, 2.75) is 26.3 Å². The number of hydrogen-bond donors (Lipinski definition) is 2. The van der Waals surface area contributed by atoms with E-state index < -0.39 is 0 Å². The topological polar surface area (TPSA) is 53.6 Å². The fraction of sp³-hybridized carbons (Fsp3) is 0.611. The van der Waals surface area contributed by atoms with Crippen molar-refractivity contribution in [2.24, 2.45) is 5.92 Å². The fourth-order valence-corrected chi connectivity index (χ4v) is 2.75. The van der Waals surface area contributed by atoms with Crippen molar-refractivity contribution in [2.75, 3.05) is 45.2 Å². The Hall–Kier alpha value is -0.850. The number of amides is 1. The van der Waals surface area contributed by atoms with Crippen molar-refractivity contribution >= 4 is 36.4 Å². The molecular weight excluding hydrogens is 361 g/mol. The first-order valence-corrected chi connectivity index (χ1v) is 8.48. The lowest BCUT2D eigenvalue weighted by atomic mass is 9.99. The normalized spacial score (nSPS) is 15.1. The van der Waals surface area contributed by atoms with E-state index in [2.05, 4.69) is 34.6 Å². The molecule has 0 unspecified atom stereocenters. The lowest BCUT2D eigenvalue weighted by Gasteiger charge is -2.30. The zero-order valence-corrected chi connectivity index (χ0v) is 16.8. The van der Waals surface area contributed by atoms with E-state index in [4.69, 9.17) is 4.74 Å². The molecule has 0 radical (unpaired) electrons. The standard InChI is InChI=1S/C18H29N3O2.2ClH/c1-15-7-10-21(11-8-15)14-16-3-5-17(6-4-16)20-18(22)13-19-9-12-23-2;;/h3-6,15,19H,7-14H2,1-2H3,(H,20,22);2*1H. The number of nitrogens with zero attached hydrogens (tertiary/aromatic N) is 1. The number of carbonyl (C=O) groups excluding carboxylic acids is 1. The SMILES string of the molecule is COCCNCC(=O)Nc1ccc(CN2CCC(C)CC2)cc1.Cl.Cl. The van der Waals surface area contributed by atoms with Gasteiger partial charge in [-0.3, -0.25) is 9.69 Å². The average molecular weight is 392 g/mol. The predicted octanol–water partition coefficient (Wildman–Crippen LogP) is 2.94. The summed E-state index contributed by atoms with van der Waals surface area (Å²) < 4.78 is 4.93. The second-order valence-corrected chi connectivity index (χ2v) is 6.37. The minimum atomic E-state index is -0.0288. The van der Waals surface area contributed by atoms with Gasteiger partial charge in [0.2, 0.25) is 5.91 Å². The maximum Gasteiger partial charge on any atom is 0.238 e. The highest BCUT2D eigenvalue weighted by Gasteiger charge is 2.15. The molecule has 7 heteroatoms. The van der Waals surface area contributed by atoms with E-state index in [0.717, 1.165) is 18.2 Å². The molecule has 2 N–H and O–H groups in total. The molecule has 0 aromatic heterocycles. The Balaban J connectivity index is 0.00000288. The summed E-state index contributed by atoms with van der Waals surface area (Å²) in [5, 5.41) is 5.93. The molecule has 1 fully saturated rings. The van der Waals surface area contributed by atoms with E-state index in [1.807, 2.05) is 12.1 Å². The number of nitrogens with one attached hydrogen (secondary N) is 2. The van der Waals surface area contributed by atoms with Crippen molar-refractivity contribution in [3.63, 3.8) is 0 Å². The number of benzene rings is 1. The molecule has 0 aliphatic carbocycles. The molecule has 144 valence electrons. The number of ether oxygens (including phenoxy) is 1. The Morgan fingerprint density at radius 1 is 1.20 bits per heavy atom. The minimum Gasteiger partial charge on any atom is -0.383 e. The number of halogens is 2. The number of piperidine rings is 1. The van der Waals surface area contributed by atoms with Gasteiger partial charge in [0.1, 0.15) is 0 Å². The Kier molecular flexibility index (Phi) is 12.9. The van der Waals surface area contributed by atoms with Gasteiger partial charge in [-0.05, 0) is 49.5 Å². The van der Waals surface area contributed by atoms with Gasteiger partial charge in [0.15, 0.2) is 0 Å². The average Bonchev–Trinajstić information content (AvgIpc) is 2.56. The van der Waals surface area contributed by atoms with Crippen molar-refractivity contribution < 1.29 is 9.53 Å². The van der Waals surface area contributed by atoms with Crippen LogP contribution in [0.2, 0.25) is 0 Å². The monoisotopic (exact) mass is 391 g/mol. The molecule has 1 aromatic carbocycles. The van der Waals surface area contributed by atoms with Gasteiger partial charge in [0.25, 0.3) is 0 Å². The van der Waals surface area contributed by atoms with Gasteiger partial charge in [0.05, 0.1) is 13.2 Å². The van der Waals surface area contributed by atoms with E-state index in [-0.39, 0.29) is 30.7 Å². The summed E-state index contributed by atoms with van der Waals surface area (Å²) in [5.41, 5.74) is 2.15. The molecule has 0 spiro atoms. The third kappa shape index (κ3) is 9.42. The first kappa shape index (κ1) is 24.1. The zero-order valence-electron chi connectivity index (χ0n) is 15.1. The van der Waals surface area contributed by atoms with Gasteiger partial charge in [-0.15, -0.1) is 24.8 Å². The molecule has 1 saturated heterocycles.